The summed E-state index contributed by atoms with van der Waals surface area (Å²) in [6.07, 6.45) is 9.37. The van der Waals surface area contributed by atoms with Crippen molar-refractivity contribution in [3.63, 3.8) is 0 Å². The van der Waals surface area contributed by atoms with E-state index >= 15 is 0 Å². The van der Waals surface area contributed by atoms with E-state index in [1.54, 1.807) is 0 Å². The van der Waals surface area contributed by atoms with Crippen LogP contribution in [0.5, 0.6) is 0 Å². The summed E-state index contributed by atoms with van der Waals surface area (Å²) in [6.45, 7) is 4.35. The first kappa shape index (κ1) is 12.0. The van der Waals surface area contributed by atoms with E-state index in [-0.39, 0.29) is 0 Å². The van der Waals surface area contributed by atoms with Crippen molar-refractivity contribution in [1.82, 2.24) is 5.32 Å². The van der Waals surface area contributed by atoms with E-state index < -0.39 is 0 Å². The van der Waals surface area contributed by atoms with E-state index in [9.17, 15) is 0 Å². The predicted octanol–water partition coefficient (Wildman–Crippen LogP) is 2.28. The molecule has 0 spiro atoms. The lowest BCUT2D eigenvalue weighted by molar-refractivity contribution is 0.558. The van der Waals surface area contributed by atoms with Crippen LogP contribution in [0.1, 0.15) is 51.9 Å². The molecule has 1 aliphatic carbocycles. The van der Waals surface area contributed by atoms with E-state index in [1.165, 1.54) is 51.5 Å². The summed E-state index contributed by atoms with van der Waals surface area (Å²) < 4.78 is 0. The summed E-state index contributed by atoms with van der Waals surface area (Å²) in [4.78, 5) is 0. The fourth-order valence-electron chi connectivity index (χ4n) is 2.10. The highest BCUT2D eigenvalue weighted by atomic mass is 15.0. The molecule has 1 saturated carbocycles. The lowest BCUT2D eigenvalue weighted by Gasteiger charge is -2.03. The van der Waals surface area contributed by atoms with Crippen molar-refractivity contribution in [3.8, 4) is 0 Å². The zero-order chi connectivity index (χ0) is 10.2. The van der Waals surface area contributed by atoms with Gasteiger partial charge in [-0.1, -0.05) is 26.2 Å². The van der Waals surface area contributed by atoms with Gasteiger partial charge in [0.1, 0.15) is 0 Å². The van der Waals surface area contributed by atoms with Gasteiger partial charge in [-0.2, -0.15) is 0 Å². The summed E-state index contributed by atoms with van der Waals surface area (Å²) in [5, 5.41) is 3.64. The minimum Gasteiger partial charge on any atom is -0.330 e. The molecule has 84 valence electrons. The van der Waals surface area contributed by atoms with Crippen molar-refractivity contribution in [1.29, 1.82) is 0 Å². The van der Waals surface area contributed by atoms with E-state index in [1.807, 2.05) is 0 Å². The maximum Gasteiger partial charge on any atom is 0.00991 e. The molecule has 0 bridgehead atoms. The quantitative estimate of drug-likeness (QED) is 0.558. The SMILES string of the molecule is CCCC1CC1NCCCCCCN. The standard InChI is InChI=1S/C12H26N2/c1-2-7-11-10-12(11)14-9-6-4-3-5-8-13/h11-12,14H,2-10,13H2,1H3. The zero-order valence-corrected chi connectivity index (χ0v) is 9.60. The van der Waals surface area contributed by atoms with Gasteiger partial charge in [-0.05, 0) is 44.7 Å². The maximum atomic E-state index is 5.44. The molecule has 2 atom stereocenters. The second-order valence-corrected chi connectivity index (χ2v) is 4.55. The molecule has 3 N–H and O–H groups in total. The number of nitrogens with one attached hydrogen (secondary N) is 1. The van der Waals surface area contributed by atoms with Gasteiger partial charge in [0, 0.05) is 6.04 Å². The Morgan fingerprint density at radius 2 is 2.00 bits per heavy atom. The highest BCUT2D eigenvalue weighted by Gasteiger charge is 2.34. The lowest BCUT2D eigenvalue weighted by Crippen LogP contribution is -2.19. The summed E-state index contributed by atoms with van der Waals surface area (Å²) in [5.41, 5.74) is 5.44. The van der Waals surface area contributed by atoms with E-state index in [0.717, 1.165) is 18.5 Å². The van der Waals surface area contributed by atoms with E-state index in [0.29, 0.717) is 0 Å². The summed E-state index contributed by atoms with van der Waals surface area (Å²) in [5.74, 6) is 1.00. The summed E-state index contributed by atoms with van der Waals surface area (Å²) >= 11 is 0. The van der Waals surface area contributed by atoms with Crippen LogP contribution in [-0.2, 0) is 0 Å². The maximum absolute atomic E-state index is 5.44. The van der Waals surface area contributed by atoms with Gasteiger partial charge < -0.3 is 11.1 Å². The molecule has 2 nitrogen and oxygen atoms in total. The van der Waals surface area contributed by atoms with Crippen molar-refractivity contribution >= 4 is 0 Å². The first-order valence-electron chi connectivity index (χ1n) is 6.32. The second kappa shape index (κ2) is 7.24. The van der Waals surface area contributed by atoms with Crippen LogP contribution in [0.4, 0.5) is 0 Å². The van der Waals surface area contributed by atoms with Crippen LogP contribution in [0.15, 0.2) is 0 Å². The van der Waals surface area contributed by atoms with Crippen LogP contribution in [-0.4, -0.2) is 19.1 Å². The second-order valence-electron chi connectivity index (χ2n) is 4.55. The molecule has 0 radical (unpaired) electrons. The Balaban J connectivity index is 1.77. The number of hydrogen-bond donors (Lipinski definition) is 2. The van der Waals surface area contributed by atoms with Crippen molar-refractivity contribution in [3.05, 3.63) is 0 Å². The minimum absolute atomic E-state index is 0.856. The van der Waals surface area contributed by atoms with Gasteiger partial charge in [-0.15, -0.1) is 0 Å². The normalized spacial score (nSPS) is 25.3. The fourth-order valence-corrected chi connectivity index (χ4v) is 2.10. The Morgan fingerprint density at radius 3 is 2.71 bits per heavy atom. The van der Waals surface area contributed by atoms with Crippen LogP contribution >= 0.6 is 0 Å². The molecule has 0 aromatic heterocycles. The van der Waals surface area contributed by atoms with Crippen LogP contribution < -0.4 is 11.1 Å². The first-order valence-corrected chi connectivity index (χ1v) is 6.32. The molecule has 1 fully saturated rings. The van der Waals surface area contributed by atoms with Gasteiger partial charge in [0.05, 0.1) is 0 Å². The Morgan fingerprint density at radius 1 is 1.21 bits per heavy atom. The molecule has 0 aromatic rings. The number of rotatable bonds is 9. The molecular formula is C12H26N2. The van der Waals surface area contributed by atoms with Gasteiger partial charge in [-0.3, -0.25) is 0 Å². The number of nitrogens with two attached hydrogens (primary N) is 1. The highest BCUT2D eigenvalue weighted by molar-refractivity contribution is 4.92. The number of unbranched alkanes of at least 4 members (excludes halogenated alkanes) is 3. The molecule has 0 aliphatic heterocycles. The summed E-state index contributed by atoms with van der Waals surface area (Å²) in [6, 6.07) is 0.865. The van der Waals surface area contributed by atoms with Crippen LogP contribution in [0.2, 0.25) is 0 Å². The molecule has 14 heavy (non-hydrogen) atoms. The molecule has 1 aliphatic rings. The van der Waals surface area contributed by atoms with Crippen LogP contribution in [0.3, 0.4) is 0 Å². The number of hydrogen-bond acceptors (Lipinski definition) is 2. The molecule has 1 rings (SSSR count). The van der Waals surface area contributed by atoms with Crippen molar-refractivity contribution < 1.29 is 0 Å². The van der Waals surface area contributed by atoms with Crippen molar-refractivity contribution in [2.75, 3.05) is 13.1 Å². The third-order valence-corrected chi connectivity index (χ3v) is 3.12. The Hall–Kier alpha value is -0.0800. The fraction of sp³-hybridized carbons (Fsp3) is 1.00. The third kappa shape index (κ3) is 4.97. The zero-order valence-electron chi connectivity index (χ0n) is 9.60. The Labute approximate surface area is 88.6 Å². The molecule has 0 saturated heterocycles. The molecule has 0 amide bonds. The lowest BCUT2D eigenvalue weighted by atomic mass is 10.2. The third-order valence-electron chi connectivity index (χ3n) is 3.12. The van der Waals surface area contributed by atoms with Gasteiger partial charge in [0.15, 0.2) is 0 Å². The Bertz CT molecular complexity index is 136. The predicted molar refractivity (Wildman–Crippen MR) is 62.3 cm³/mol. The molecule has 0 heterocycles. The van der Waals surface area contributed by atoms with Gasteiger partial charge in [0.2, 0.25) is 0 Å². The first-order chi connectivity index (χ1) is 6.88. The van der Waals surface area contributed by atoms with Gasteiger partial charge in [-0.25, -0.2) is 0 Å². The van der Waals surface area contributed by atoms with Crippen molar-refractivity contribution in [2.24, 2.45) is 11.7 Å². The minimum atomic E-state index is 0.856. The average Bonchev–Trinajstić information content (AvgIpc) is 2.91. The van der Waals surface area contributed by atoms with Gasteiger partial charge in [0.25, 0.3) is 0 Å². The van der Waals surface area contributed by atoms with Crippen molar-refractivity contribution in [2.45, 2.75) is 57.9 Å². The van der Waals surface area contributed by atoms with Crippen LogP contribution in [0, 0.1) is 5.92 Å². The smallest absolute Gasteiger partial charge is 0.00991 e. The molecular weight excluding hydrogens is 172 g/mol. The largest absolute Gasteiger partial charge is 0.330 e. The van der Waals surface area contributed by atoms with Gasteiger partial charge >= 0.3 is 0 Å². The van der Waals surface area contributed by atoms with E-state index in [4.69, 9.17) is 5.73 Å². The monoisotopic (exact) mass is 198 g/mol. The van der Waals surface area contributed by atoms with Crippen LogP contribution in [0.25, 0.3) is 0 Å². The Kier molecular flexibility index (Phi) is 6.20. The van der Waals surface area contributed by atoms with E-state index in [2.05, 4.69) is 12.2 Å². The summed E-state index contributed by atoms with van der Waals surface area (Å²) in [7, 11) is 0. The average molecular weight is 198 g/mol. The topological polar surface area (TPSA) is 38.0 Å². The molecule has 0 aromatic carbocycles. The molecule has 2 unspecified atom stereocenters. The highest BCUT2D eigenvalue weighted by Crippen LogP contribution is 2.34. The molecule has 2 heteroatoms.